The SMILES string of the molecule is CC/C=C\C/C=C\C/C=C\C/C=C\CCC(=O)OCC(COCCCCCCCC/C=C\CCCCCC)OC(=O)CCCCCCCCCCCCC. The molecule has 0 amide bonds. The van der Waals surface area contributed by atoms with E-state index in [-0.39, 0.29) is 25.2 Å². The highest BCUT2D eigenvalue weighted by molar-refractivity contribution is 5.70. The number of carbonyl (C=O) groups excluding carboxylic acids is 2. The molecule has 0 aromatic rings. The number of unbranched alkanes of at least 4 members (excludes halogenated alkanes) is 20. The van der Waals surface area contributed by atoms with Crippen molar-refractivity contribution in [2.75, 3.05) is 19.8 Å². The molecule has 0 fully saturated rings. The Kier molecular flexibility index (Phi) is 43.0. The third-order valence-corrected chi connectivity index (χ3v) is 9.55. The molecule has 54 heavy (non-hydrogen) atoms. The molecule has 312 valence electrons. The van der Waals surface area contributed by atoms with E-state index >= 15 is 0 Å². The van der Waals surface area contributed by atoms with Gasteiger partial charge in [0.15, 0.2) is 6.10 Å². The highest BCUT2D eigenvalue weighted by Gasteiger charge is 2.17. The van der Waals surface area contributed by atoms with Gasteiger partial charge >= 0.3 is 11.9 Å². The van der Waals surface area contributed by atoms with Crippen LogP contribution in [0.2, 0.25) is 0 Å². The average Bonchev–Trinajstić information content (AvgIpc) is 3.17. The Morgan fingerprint density at radius 1 is 0.426 bits per heavy atom. The van der Waals surface area contributed by atoms with Crippen molar-refractivity contribution in [1.82, 2.24) is 0 Å². The maximum absolute atomic E-state index is 12.7. The molecule has 0 aromatic heterocycles. The first-order valence-corrected chi connectivity index (χ1v) is 22.8. The standard InChI is InChI=1S/C49H86O5/c1-4-7-10-13-16-19-22-24-26-29-32-35-38-41-44-52-45-47(54-49(51)43-40-37-34-31-27-21-18-15-12-9-6-3)46-53-48(50)42-39-36-33-30-28-25-23-20-17-14-11-8-5-2/h8,11,17,19-20,22,25,28,33,36,47H,4-7,9-10,12-16,18,21,23-24,26-27,29-32,34-35,37-46H2,1-3H3/b11-8-,20-17-,22-19-,28-25-,36-33-. The van der Waals surface area contributed by atoms with Crippen molar-refractivity contribution in [3.05, 3.63) is 60.8 Å². The zero-order chi connectivity index (χ0) is 39.3. The number of rotatable bonds is 41. The van der Waals surface area contributed by atoms with Gasteiger partial charge in [-0.3, -0.25) is 9.59 Å². The lowest BCUT2D eigenvalue weighted by molar-refractivity contribution is -0.162. The van der Waals surface area contributed by atoms with E-state index in [1.54, 1.807) is 0 Å². The molecule has 1 unspecified atom stereocenters. The van der Waals surface area contributed by atoms with E-state index in [2.05, 4.69) is 75.5 Å². The van der Waals surface area contributed by atoms with Crippen molar-refractivity contribution >= 4 is 11.9 Å². The monoisotopic (exact) mass is 755 g/mol. The molecule has 0 aliphatic carbocycles. The Morgan fingerprint density at radius 2 is 0.870 bits per heavy atom. The summed E-state index contributed by atoms with van der Waals surface area (Å²) in [5.41, 5.74) is 0. The van der Waals surface area contributed by atoms with E-state index < -0.39 is 6.10 Å². The lowest BCUT2D eigenvalue weighted by Gasteiger charge is -2.18. The lowest BCUT2D eigenvalue weighted by Crippen LogP contribution is -2.30. The van der Waals surface area contributed by atoms with Crippen molar-refractivity contribution in [3.8, 4) is 0 Å². The molecule has 0 saturated heterocycles. The smallest absolute Gasteiger partial charge is 0.306 e. The van der Waals surface area contributed by atoms with Crippen LogP contribution in [0.25, 0.3) is 0 Å². The molecular weight excluding hydrogens is 669 g/mol. The normalized spacial score (nSPS) is 12.7. The van der Waals surface area contributed by atoms with Crippen LogP contribution in [0.3, 0.4) is 0 Å². The summed E-state index contributed by atoms with van der Waals surface area (Å²) >= 11 is 0. The predicted octanol–water partition coefficient (Wildman–Crippen LogP) is 15.0. The van der Waals surface area contributed by atoms with Crippen molar-refractivity contribution in [2.45, 2.75) is 219 Å². The first-order chi connectivity index (χ1) is 26.6. The van der Waals surface area contributed by atoms with Gasteiger partial charge in [-0.2, -0.15) is 0 Å². The Morgan fingerprint density at radius 3 is 1.43 bits per heavy atom. The van der Waals surface area contributed by atoms with Gasteiger partial charge in [0.1, 0.15) is 6.61 Å². The number of ether oxygens (including phenoxy) is 3. The maximum Gasteiger partial charge on any atom is 0.306 e. The Labute approximate surface area is 334 Å². The van der Waals surface area contributed by atoms with Crippen LogP contribution in [0.15, 0.2) is 60.8 Å². The number of allylic oxidation sites excluding steroid dienone is 10. The largest absolute Gasteiger partial charge is 0.462 e. The van der Waals surface area contributed by atoms with Crippen molar-refractivity contribution in [2.24, 2.45) is 0 Å². The molecule has 0 N–H and O–H groups in total. The molecule has 0 heterocycles. The van der Waals surface area contributed by atoms with Crippen LogP contribution in [0.5, 0.6) is 0 Å². The number of esters is 2. The summed E-state index contributed by atoms with van der Waals surface area (Å²) in [5.74, 6) is -0.493. The molecule has 0 spiro atoms. The predicted molar refractivity (Wildman–Crippen MR) is 233 cm³/mol. The van der Waals surface area contributed by atoms with Crippen molar-refractivity contribution < 1.29 is 23.8 Å². The molecule has 0 radical (unpaired) electrons. The van der Waals surface area contributed by atoms with Gasteiger partial charge in [0.05, 0.1) is 6.61 Å². The van der Waals surface area contributed by atoms with Gasteiger partial charge in [-0.1, -0.05) is 191 Å². The van der Waals surface area contributed by atoms with Gasteiger partial charge in [-0.15, -0.1) is 0 Å². The first-order valence-electron chi connectivity index (χ1n) is 22.8. The number of hydrogen-bond donors (Lipinski definition) is 0. The quantitative estimate of drug-likeness (QED) is 0.0353. The molecule has 5 nitrogen and oxygen atoms in total. The van der Waals surface area contributed by atoms with E-state index in [0.29, 0.717) is 25.9 Å². The molecule has 0 bridgehead atoms. The fourth-order valence-electron chi connectivity index (χ4n) is 6.16. The molecule has 0 rings (SSSR count). The zero-order valence-corrected chi connectivity index (χ0v) is 35.7. The van der Waals surface area contributed by atoms with Crippen LogP contribution < -0.4 is 0 Å². The second-order valence-electron chi connectivity index (χ2n) is 14.9. The van der Waals surface area contributed by atoms with E-state index in [0.717, 1.165) is 51.4 Å². The minimum Gasteiger partial charge on any atom is -0.462 e. The third-order valence-electron chi connectivity index (χ3n) is 9.55. The minimum atomic E-state index is -0.564. The van der Waals surface area contributed by atoms with Gasteiger partial charge in [-0.25, -0.2) is 0 Å². The fourth-order valence-corrected chi connectivity index (χ4v) is 6.16. The van der Waals surface area contributed by atoms with Crippen molar-refractivity contribution in [3.63, 3.8) is 0 Å². The summed E-state index contributed by atoms with van der Waals surface area (Å²) in [6.07, 6.45) is 55.2. The van der Waals surface area contributed by atoms with Gasteiger partial charge in [0, 0.05) is 19.4 Å². The van der Waals surface area contributed by atoms with Crippen LogP contribution in [-0.2, 0) is 23.8 Å². The van der Waals surface area contributed by atoms with Crippen LogP contribution in [0.1, 0.15) is 213 Å². The highest BCUT2D eigenvalue weighted by atomic mass is 16.6. The fraction of sp³-hybridized carbons (Fsp3) is 0.755. The van der Waals surface area contributed by atoms with Crippen LogP contribution in [-0.4, -0.2) is 37.9 Å². The van der Waals surface area contributed by atoms with E-state index in [1.807, 2.05) is 6.08 Å². The summed E-state index contributed by atoms with van der Waals surface area (Å²) in [6, 6.07) is 0. The first kappa shape index (κ1) is 51.6. The summed E-state index contributed by atoms with van der Waals surface area (Å²) in [6.45, 7) is 7.61. The molecule has 1 atom stereocenters. The summed E-state index contributed by atoms with van der Waals surface area (Å²) < 4.78 is 17.2. The second kappa shape index (κ2) is 45.0. The van der Waals surface area contributed by atoms with Crippen LogP contribution in [0.4, 0.5) is 0 Å². The second-order valence-corrected chi connectivity index (χ2v) is 14.9. The summed E-state index contributed by atoms with van der Waals surface area (Å²) in [5, 5.41) is 0. The zero-order valence-electron chi connectivity index (χ0n) is 35.7. The number of carbonyl (C=O) groups is 2. The van der Waals surface area contributed by atoms with Gasteiger partial charge in [0.25, 0.3) is 0 Å². The van der Waals surface area contributed by atoms with Crippen molar-refractivity contribution in [1.29, 1.82) is 0 Å². The summed E-state index contributed by atoms with van der Waals surface area (Å²) in [7, 11) is 0. The van der Waals surface area contributed by atoms with E-state index in [9.17, 15) is 9.59 Å². The Bertz CT molecular complexity index is 946. The average molecular weight is 755 g/mol. The van der Waals surface area contributed by atoms with Gasteiger partial charge in [-0.05, 0) is 70.6 Å². The van der Waals surface area contributed by atoms with Crippen LogP contribution >= 0.6 is 0 Å². The third kappa shape index (κ3) is 42.3. The summed E-state index contributed by atoms with van der Waals surface area (Å²) in [4.78, 5) is 25.2. The molecule has 0 aliphatic rings. The topological polar surface area (TPSA) is 61.8 Å². The van der Waals surface area contributed by atoms with E-state index in [1.165, 1.54) is 122 Å². The van der Waals surface area contributed by atoms with Gasteiger partial charge < -0.3 is 14.2 Å². The van der Waals surface area contributed by atoms with E-state index in [4.69, 9.17) is 14.2 Å². The maximum atomic E-state index is 12.7. The lowest BCUT2D eigenvalue weighted by atomic mass is 10.1. The Balaban J connectivity index is 4.35. The molecule has 5 heteroatoms. The molecule has 0 aliphatic heterocycles. The Hall–Kier alpha value is -2.40. The van der Waals surface area contributed by atoms with Gasteiger partial charge in [0.2, 0.25) is 0 Å². The molecule has 0 aromatic carbocycles. The van der Waals surface area contributed by atoms with Crippen LogP contribution in [0, 0.1) is 0 Å². The highest BCUT2D eigenvalue weighted by Crippen LogP contribution is 2.13. The molecule has 0 saturated carbocycles. The number of hydrogen-bond acceptors (Lipinski definition) is 5. The molecular formula is C49H86O5. The minimum absolute atomic E-state index is 0.0459.